The van der Waals surface area contributed by atoms with Crippen molar-refractivity contribution >= 4 is 45.6 Å². The smallest absolute Gasteiger partial charge is 0.422 e. The van der Waals surface area contributed by atoms with Gasteiger partial charge in [-0.3, -0.25) is 4.79 Å². The average Bonchev–Trinajstić information content (AvgIpc) is 3.18. The van der Waals surface area contributed by atoms with Crippen molar-refractivity contribution in [2.24, 2.45) is 0 Å². The molecular formula is C24H23F3N4O5S. The second-order valence-corrected chi connectivity index (χ2v) is 9.76. The summed E-state index contributed by atoms with van der Waals surface area (Å²) >= 11 is -1.34. The first kappa shape index (κ1) is 26.5. The van der Waals surface area contributed by atoms with Gasteiger partial charge in [-0.05, 0) is 41.0 Å². The number of anilines is 2. The molecule has 1 saturated heterocycles. The molecule has 0 aliphatic carbocycles. The van der Waals surface area contributed by atoms with E-state index in [0.717, 1.165) is 5.56 Å². The molecule has 3 N–H and O–H groups in total. The van der Waals surface area contributed by atoms with E-state index in [1.165, 1.54) is 31.6 Å². The van der Waals surface area contributed by atoms with Crippen molar-refractivity contribution in [2.45, 2.75) is 24.1 Å². The number of aliphatic hydroxyl groups excluding tert-OH is 1. The van der Waals surface area contributed by atoms with Gasteiger partial charge in [0.15, 0.2) is 18.1 Å². The lowest BCUT2D eigenvalue weighted by Crippen LogP contribution is -2.41. The minimum atomic E-state index is -4.50. The van der Waals surface area contributed by atoms with E-state index < -0.39 is 41.3 Å². The normalized spacial score (nSPS) is 19.8. The fraction of sp³-hybridized carbons (Fsp3) is 0.292. The van der Waals surface area contributed by atoms with Crippen molar-refractivity contribution in [1.29, 1.82) is 0 Å². The molecule has 0 saturated carbocycles. The Labute approximate surface area is 212 Å². The van der Waals surface area contributed by atoms with E-state index >= 15 is 0 Å². The molecule has 3 atom stereocenters. The highest BCUT2D eigenvalue weighted by Gasteiger charge is 2.38. The number of methoxy groups -OCH3 is 1. The summed E-state index contributed by atoms with van der Waals surface area (Å²) in [6.45, 7) is -1.46. The van der Waals surface area contributed by atoms with Crippen molar-refractivity contribution in [3.8, 4) is 11.5 Å². The lowest BCUT2D eigenvalue weighted by molar-refractivity contribution is -0.153. The van der Waals surface area contributed by atoms with E-state index in [4.69, 9.17) is 9.47 Å². The van der Waals surface area contributed by atoms with Crippen molar-refractivity contribution in [3.63, 3.8) is 0 Å². The Morgan fingerprint density at radius 3 is 2.65 bits per heavy atom. The highest BCUT2D eigenvalue weighted by Crippen LogP contribution is 2.35. The van der Waals surface area contributed by atoms with Gasteiger partial charge in [-0.1, -0.05) is 12.1 Å². The summed E-state index contributed by atoms with van der Waals surface area (Å²) in [6.07, 6.45) is 0.170. The zero-order chi connectivity index (χ0) is 26.6. The number of benzene rings is 2. The van der Waals surface area contributed by atoms with Gasteiger partial charge in [0.1, 0.15) is 23.9 Å². The van der Waals surface area contributed by atoms with Gasteiger partial charge < -0.3 is 29.8 Å². The number of hydrogen-bond acceptors (Lipinski definition) is 8. The lowest BCUT2D eigenvalue weighted by Gasteiger charge is -2.15. The van der Waals surface area contributed by atoms with Gasteiger partial charge in [0, 0.05) is 29.6 Å². The second kappa shape index (κ2) is 11.2. The van der Waals surface area contributed by atoms with E-state index in [1.807, 2.05) is 0 Å². The number of aromatic nitrogens is 2. The summed E-state index contributed by atoms with van der Waals surface area (Å²) in [5.74, 6) is 0.370. The maximum atomic E-state index is 12.6. The van der Waals surface area contributed by atoms with Gasteiger partial charge in [-0.2, -0.15) is 13.2 Å². The zero-order valence-electron chi connectivity index (χ0n) is 19.5. The third-order valence-corrected chi connectivity index (χ3v) is 6.99. The number of rotatable bonds is 8. The molecule has 3 unspecified atom stereocenters. The number of nitrogens with one attached hydrogen (secondary N) is 2. The third kappa shape index (κ3) is 6.81. The zero-order valence-corrected chi connectivity index (χ0v) is 20.3. The summed E-state index contributed by atoms with van der Waals surface area (Å²) in [7, 11) is 1.32. The number of alkyl halides is 3. The Bertz CT molecular complexity index is 1290. The number of amides is 1. The van der Waals surface area contributed by atoms with Crippen molar-refractivity contribution < 1.29 is 37.1 Å². The molecule has 3 aromatic rings. The molecule has 0 spiro atoms. The van der Waals surface area contributed by atoms with Crippen LogP contribution in [0, 0.1) is 0 Å². The predicted molar refractivity (Wildman–Crippen MR) is 132 cm³/mol. The fourth-order valence-corrected chi connectivity index (χ4v) is 4.94. The summed E-state index contributed by atoms with van der Waals surface area (Å²) in [5.41, 5.74) is 0.697. The molecule has 1 amide bonds. The van der Waals surface area contributed by atoms with Crippen LogP contribution in [0.15, 0.2) is 48.8 Å². The van der Waals surface area contributed by atoms with Crippen LogP contribution in [-0.2, 0) is 16.0 Å². The van der Waals surface area contributed by atoms with Gasteiger partial charge in [-0.25, -0.2) is 9.97 Å². The molecule has 0 bridgehead atoms. The molecule has 37 heavy (non-hydrogen) atoms. The molecule has 9 nitrogen and oxygen atoms in total. The van der Waals surface area contributed by atoms with Gasteiger partial charge in [0.05, 0.1) is 12.6 Å². The molecular weight excluding hydrogens is 513 g/mol. The van der Waals surface area contributed by atoms with E-state index in [9.17, 15) is 27.6 Å². The van der Waals surface area contributed by atoms with Crippen LogP contribution in [0.25, 0.3) is 17.0 Å². The van der Waals surface area contributed by atoms with Crippen molar-refractivity contribution in [2.75, 3.05) is 24.8 Å². The van der Waals surface area contributed by atoms with Gasteiger partial charge in [0.2, 0.25) is 11.3 Å². The molecule has 0 radical (unpaired) electrons. The quantitative estimate of drug-likeness (QED) is 0.296. The van der Waals surface area contributed by atoms with Crippen LogP contribution in [-0.4, -0.2) is 62.7 Å². The van der Waals surface area contributed by atoms with Crippen molar-refractivity contribution in [3.05, 3.63) is 54.4 Å². The molecule has 1 aliphatic heterocycles. The lowest BCUT2D eigenvalue weighted by atomic mass is 10.1. The number of fused-ring (bicyclic) bond motifs is 1. The molecule has 196 valence electrons. The minimum absolute atomic E-state index is 0.0900. The van der Waals surface area contributed by atoms with Crippen LogP contribution in [0.5, 0.6) is 11.5 Å². The molecule has 2 heterocycles. The topological polar surface area (TPSA) is 129 Å². The molecule has 1 aromatic heterocycles. The van der Waals surface area contributed by atoms with Crippen LogP contribution < -0.4 is 20.1 Å². The molecule has 2 aromatic carbocycles. The second-order valence-electron chi connectivity index (χ2n) is 8.11. The molecule has 4 rings (SSSR count). The Morgan fingerprint density at radius 2 is 2.00 bits per heavy atom. The number of aliphatic hydroxyl groups is 1. The Morgan fingerprint density at radius 1 is 1.24 bits per heavy atom. The largest absolute Gasteiger partial charge is 0.614 e. The Kier molecular flexibility index (Phi) is 8.05. The average molecular weight is 537 g/mol. The first-order valence-electron chi connectivity index (χ1n) is 11.1. The Balaban J connectivity index is 1.44. The highest BCUT2D eigenvalue weighted by atomic mass is 32.2. The number of nitrogens with zero attached hydrogens (tertiary/aromatic N) is 2. The number of carbonyl (C=O) groups is 1. The van der Waals surface area contributed by atoms with Crippen LogP contribution in [0.4, 0.5) is 24.7 Å². The van der Waals surface area contributed by atoms with Gasteiger partial charge in [0.25, 0.3) is 0 Å². The first-order chi connectivity index (χ1) is 17.6. The summed E-state index contributed by atoms with van der Waals surface area (Å²) in [6, 6.07) is 9.36. The predicted octanol–water partition coefficient (Wildman–Crippen LogP) is 3.29. The molecule has 1 fully saturated rings. The first-order valence-corrected chi connectivity index (χ1v) is 12.4. The number of ether oxygens (including phenoxy) is 2. The molecule has 13 heteroatoms. The highest BCUT2D eigenvalue weighted by molar-refractivity contribution is 7.92. The van der Waals surface area contributed by atoms with E-state index in [-0.39, 0.29) is 11.5 Å². The van der Waals surface area contributed by atoms with E-state index in [0.29, 0.717) is 34.6 Å². The van der Waals surface area contributed by atoms with Crippen LogP contribution >= 0.6 is 0 Å². The van der Waals surface area contributed by atoms with Crippen LogP contribution in [0.2, 0.25) is 0 Å². The number of halogens is 3. The van der Waals surface area contributed by atoms with Gasteiger partial charge >= 0.3 is 6.18 Å². The molecule has 1 aliphatic rings. The SMILES string of the molecule is COc1cc2c(Nc3ccc(C=CC(=O)NC4CC[S+]([O-])C4O)cc3)ncnc2cc1OCC(F)(F)F. The van der Waals surface area contributed by atoms with Gasteiger partial charge in [-0.15, -0.1) is 0 Å². The number of carbonyl (C=O) groups excluding carboxylic acids is 1. The van der Waals surface area contributed by atoms with Crippen LogP contribution in [0.3, 0.4) is 0 Å². The Hall–Kier alpha value is -3.55. The monoisotopic (exact) mass is 536 g/mol. The standard InChI is InChI=1S/C24H23F3N4O5S/c1-35-19-10-16-18(11-20(19)36-12-24(25,26)27)28-13-29-22(16)30-15-5-2-14(3-6-15)4-7-21(32)31-17-8-9-37(34)23(17)33/h2-7,10-11,13,17,23,33H,8-9,12H2,1H3,(H,31,32)(H,28,29,30). The van der Waals surface area contributed by atoms with E-state index in [1.54, 1.807) is 30.3 Å². The summed E-state index contributed by atoms with van der Waals surface area (Å²) < 4.78 is 59.3. The summed E-state index contributed by atoms with van der Waals surface area (Å²) in [4.78, 5) is 20.5. The number of hydrogen-bond donors (Lipinski definition) is 3. The van der Waals surface area contributed by atoms with E-state index in [2.05, 4.69) is 20.6 Å². The fourth-order valence-electron chi connectivity index (χ4n) is 3.65. The maximum absolute atomic E-state index is 12.6. The summed E-state index contributed by atoms with van der Waals surface area (Å²) in [5, 5.41) is 16.1. The van der Waals surface area contributed by atoms with Crippen LogP contribution in [0.1, 0.15) is 12.0 Å². The third-order valence-electron chi connectivity index (χ3n) is 5.48. The minimum Gasteiger partial charge on any atom is -0.614 e. The van der Waals surface area contributed by atoms with Crippen molar-refractivity contribution in [1.82, 2.24) is 15.3 Å². The maximum Gasteiger partial charge on any atom is 0.422 e.